The molecule has 2 aliphatic rings. The number of ketones is 1. The quantitative estimate of drug-likeness (QED) is 0.276. The number of esters is 4. The minimum Gasteiger partial charge on any atom is -0.463 e. The SMILES string of the molecule is CC(=O)OC[C@H]1O[C@@H](CC(=O)CC2(O)C(=O)N(Cc3ccccc3)c3ccc(Cl)cc32)[C@H](OC(C)=O)[C@@H](OC(C)=O)[C@@H]1OC(C)=O. The lowest BCUT2D eigenvalue weighted by Gasteiger charge is -2.44. The zero-order chi connectivity index (χ0) is 33.8. The Kier molecular flexibility index (Phi) is 10.8. The van der Waals surface area contributed by atoms with Gasteiger partial charge in [0.2, 0.25) is 0 Å². The summed E-state index contributed by atoms with van der Waals surface area (Å²) in [4.78, 5) is 76.7. The summed E-state index contributed by atoms with van der Waals surface area (Å²) in [5.41, 5.74) is -1.01. The van der Waals surface area contributed by atoms with Gasteiger partial charge in [0.25, 0.3) is 5.91 Å². The lowest BCUT2D eigenvalue weighted by atomic mass is 9.86. The smallest absolute Gasteiger partial charge is 0.303 e. The Balaban J connectivity index is 1.65. The molecule has 1 N–H and O–H groups in total. The van der Waals surface area contributed by atoms with E-state index in [0.717, 1.165) is 33.3 Å². The van der Waals surface area contributed by atoms with Gasteiger partial charge < -0.3 is 33.7 Å². The first-order valence-electron chi connectivity index (χ1n) is 14.4. The fourth-order valence-electron chi connectivity index (χ4n) is 5.68. The minimum atomic E-state index is -2.30. The number of carbonyl (C=O) groups excluding carboxylic acids is 6. The average Bonchev–Trinajstić information content (AvgIpc) is 3.15. The molecule has 1 amide bonds. The average molecular weight is 660 g/mol. The fourth-order valence-corrected chi connectivity index (χ4v) is 5.85. The van der Waals surface area contributed by atoms with Crippen LogP contribution in [0.4, 0.5) is 5.69 Å². The Labute approximate surface area is 269 Å². The van der Waals surface area contributed by atoms with Crippen molar-refractivity contribution in [1.82, 2.24) is 0 Å². The van der Waals surface area contributed by atoms with Crippen molar-refractivity contribution < 1.29 is 57.6 Å². The van der Waals surface area contributed by atoms with Gasteiger partial charge in [0.05, 0.1) is 12.2 Å². The molecule has 1 fully saturated rings. The van der Waals surface area contributed by atoms with E-state index in [1.54, 1.807) is 12.1 Å². The number of fused-ring (bicyclic) bond motifs is 1. The Morgan fingerprint density at radius 1 is 0.848 bits per heavy atom. The Bertz CT molecular complexity index is 1510. The minimum absolute atomic E-state index is 0.116. The number of aliphatic hydroxyl groups is 1. The highest BCUT2D eigenvalue weighted by atomic mass is 35.5. The topological polar surface area (TPSA) is 172 Å². The Morgan fingerprint density at radius 3 is 2.02 bits per heavy atom. The number of rotatable bonds is 11. The van der Waals surface area contributed by atoms with Crippen molar-refractivity contribution in [2.75, 3.05) is 11.5 Å². The number of hydrogen-bond donors (Lipinski definition) is 1. The van der Waals surface area contributed by atoms with E-state index in [1.807, 2.05) is 30.3 Å². The van der Waals surface area contributed by atoms with E-state index in [4.69, 9.17) is 35.3 Å². The molecule has 1 unspecified atom stereocenters. The molecule has 2 aromatic carbocycles. The molecule has 0 aliphatic carbocycles. The number of benzene rings is 2. The van der Waals surface area contributed by atoms with Gasteiger partial charge in [0, 0.05) is 51.1 Å². The summed E-state index contributed by atoms with van der Waals surface area (Å²) in [6.45, 7) is 4.04. The zero-order valence-electron chi connectivity index (χ0n) is 25.6. The monoisotopic (exact) mass is 659 g/mol. The van der Waals surface area contributed by atoms with Gasteiger partial charge >= 0.3 is 23.9 Å². The number of carbonyl (C=O) groups is 6. The maximum atomic E-state index is 13.8. The summed E-state index contributed by atoms with van der Waals surface area (Å²) in [6, 6.07) is 13.6. The van der Waals surface area contributed by atoms with E-state index < -0.39 is 91.1 Å². The van der Waals surface area contributed by atoms with E-state index in [1.165, 1.54) is 11.0 Å². The zero-order valence-corrected chi connectivity index (χ0v) is 26.4. The van der Waals surface area contributed by atoms with E-state index >= 15 is 0 Å². The molecule has 1 saturated heterocycles. The molecule has 6 atom stereocenters. The molecule has 2 aromatic rings. The van der Waals surface area contributed by atoms with Crippen LogP contribution in [-0.2, 0) is 64.6 Å². The van der Waals surface area contributed by atoms with Crippen molar-refractivity contribution >= 4 is 52.9 Å². The van der Waals surface area contributed by atoms with Crippen LogP contribution in [0.15, 0.2) is 48.5 Å². The number of ether oxygens (including phenoxy) is 5. The van der Waals surface area contributed by atoms with Gasteiger partial charge in [-0.2, -0.15) is 0 Å². The number of amides is 1. The van der Waals surface area contributed by atoms with Crippen molar-refractivity contribution in [2.24, 2.45) is 0 Å². The van der Waals surface area contributed by atoms with Crippen LogP contribution in [0.2, 0.25) is 5.02 Å². The summed E-state index contributed by atoms with van der Waals surface area (Å²) in [7, 11) is 0. The highest BCUT2D eigenvalue weighted by Crippen LogP contribution is 2.45. The van der Waals surface area contributed by atoms with Crippen molar-refractivity contribution in [1.29, 1.82) is 0 Å². The second kappa shape index (κ2) is 14.4. The van der Waals surface area contributed by atoms with Crippen LogP contribution in [0, 0.1) is 0 Å². The van der Waals surface area contributed by atoms with Crippen LogP contribution in [0.5, 0.6) is 0 Å². The maximum absolute atomic E-state index is 13.8. The second-order valence-corrected chi connectivity index (χ2v) is 11.5. The molecule has 246 valence electrons. The lowest BCUT2D eigenvalue weighted by Crippen LogP contribution is -2.62. The van der Waals surface area contributed by atoms with Crippen LogP contribution in [-0.4, -0.2) is 77.8 Å². The summed E-state index contributed by atoms with van der Waals surface area (Å²) in [6.07, 6.45) is -8.17. The number of hydrogen-bond acceptors (Lipinski definition) is 12. The Hall–Kier alpha value is -4.33. The molecule has 0 aromatic heterocycles. The van der Waals surface area contributed by atoms with Crippen LogP contribution in [0.3, 0.4) is 0 Å². The molecular formula is C32H34ClNO12. The molecule has 0 saturated carbocycles. The molecule has 46 heavy (non-hydrogen) atoms. The number of halogens is 1. The fraction of sp³-hybridized carbons (Fsp3) is 0.438. The first-order valence-corrected chi connectivity index (χ1v) is 14.8. The van der Waals surface area contributed by atoms with Crippen LogP contribution in [0.25, 0.3) is 0 Å². The summed E-state index contributed by atoms with van der Waals surface area (Å²) >= 11 is 6.23. The maximum Gasteiger partial charge on any atom is 0.303 e. The Morgan fingerprint density at radius 2 is 1.43 bits per heavy atom. The first-order chi connectivity index (χ1) is 21.7. The largest absolute Gasteiger partial charge is 0.463 e. The summed E-state index contributed by atoms with van der Waals surface area (Å²) < 4.78 is 27.3. The summed E-state index contributed by atoms with van der Waals surface area (Å²) in [5.74, 6) is -4.58. The highest BCUT2D eigenvalue weighted by Gasteiger charge is 2.54. The molecule has 2 heterocycles. The van der Waals surface area contributed by atoms with Crippen molar-refractivity contribution in [3.05, 3.63) is 64.7 Å². The molecule has 0 spiro atoms. The lowest BCUT2D eigenvalue weighted by molar-refractivity contribution is -0.252. The third-order valence-corrected chi connectivity index (χ3v) is 7.68. The first kappa shape index (κ1) is 34.5. The third kappa shape index (κ3) is 7.90. The number of nitrogens with zero attached hydrogens (tertiary/aromatic N) is 1. The predicted molar refractivity (Wildman–Crippen MR) is 159 cm³/mol. The van der Waals surface area contributed by atoms with Gasteiger partial charge in [-0.05, 0) is 23.8 Å². The van der Waals surface area contributed by atoms with Gasteiger partial charge in [0.1, 0.15) is 24.6 Å². The van der Waals surface area contributed by atoms with Gasteiger partial charge in [-0.3, -0.25) is 28.8 Å². The van der Waals surface area contributed by atoms with Gasteiger partial charge in [-0.25, -0.2) is 0 Å². The van der Waals surface area contributed by atoms with Gasteiger partial charge in [-0.1, -0.05) is 41.9 Å². The number of Topliss-reactive ketones (excluding diaryl/α,β-unsaturated/α-hetero) is 1. The van der Waals surface area contributed by atoms with E-state index in [-0.39, 0.29) is 17.1 Å². The van der Waals surface area contributed by atoms with E-state index in [2.05, 4.69) is 0 Å². The van der Waals surface area contributed by atoms with Crippen LogP contribution < -0.4 is 4.90 Å². The molecular weight excluding hydrogens is 626 g/mol. The van der Waals surface area contributed by atoms with E-state index in [9.17, 15) is 33.9 Å². The molecule has 14 heteroatoms. The molecule has 2 aliphatic heterocycles. The predicted octanol–water partition coefficient (Wildman–Crippen LogP) is 2.55. The van der Waals surface area contributed by atoms with Gasteiger partial charge in [-0.15, -0.1) is 0 Å². The van der Waals surface area contributed by atoms with Crippen LogP contribution >= 0.6 is 11.6 Å². The standard InChI is InChI=1S/C32H34ClNO12/c1-17(35)42-16-27-29(44-19(3)37)30(45-20(4)38)28(43-18(2)36)26(46-27)13-23(39)14-32(41)24-12-22(33)10-11-25(24)34(31(32)40)15-21-8-6-5-7-9-21/h5-12,26-30,41H,13-16H2,1-4H3/t26-,27+,28-,29+,30+,32?/m0/s1. The van der Waals surface area contributed by atoms with Crippen molar-refractivity contribution in [2.45, 2.75) is 83.2 Å². The van der Waals surface area contributed by atoms with Crippen LogP contribution in [0.1, 0.15) is 51.7 Å². The second-order valence-electron chi connectivity index (χ2n) is 11.1. The number of anilines is 1. The molecule has 0 radical (unpaired) electrons. The molecule has 4 rings (SSSR count). The van der Waals surface area contributed by atoms with Crippen molar-refractivity contribution in [3.8, 4) is 0 Å². The van der Waals surface area contributed by atoms with Gasteiger partial charge in [0.15, 0.2) is 23.9 Å². The van der Waals surface area contributed by atoms with Crippen molar-refractivity contribution in [3.63, 3.8) is 0 Å². The third-order valence-electron chi connectivity index (χ3n) is 7.45. The van der Waals surface area contributed by atoms with E-state index in [0.29, 0.717) is 5.69 Å². The normalized spacial score (nSPS) is 25.3. The molecule has 0 bridgehead atoms. The summed E-state index contributed by atoms with van der Waals surface area (Å²) in [5, 5.41) is 12.1. The molecule has 13 nitrogen and oxygen atoms in total. The highest BCUT2D eigenvalue weighted by molar-refractivity contribution is 6.31.